The second kappa shape index (κ2) is 5.77. The van der Waals surface area contributed by atoms with E-state index in [0.29, 0.717) is 6.54 Å². The molecule has 0 atom stereocenters. The van der Waals surface area contributed by atoms with E-state index in [1.807, 2.05) is 24.4 Å². The van der Waals surface area contributed by atoms with Crippen molar-refractivity contribution < 1.29 is 5.11 Å². The Bertz CT molecular complexity index is 544. The predicted octanol–water partition coefficient (Wildman–Crippen LogP) is 2.47. The van der Waals surface area contributed by atoms with Gasteiger partial charge >= 0.3 is 0 Å². The topological polar surface area (TPSA) is 60.9 Å². The molecule has 4 heteroatoms. The summed E-state index contributed by atoms with van der Waals surface area (Å²) in [5.41, 5.74) is 2.83. The number of rotatable bonds is 5. The Morgan fingerprint density at radius 3 is 2.70 bits per heavy atom. The van der Waals surface area contributed by atoms with Gasteiger partial charge in [-0.25, -0.2) is 0 Å². The van der Waals surface area contributed by atoms with Crippen molar-refractivity contribution in [2.75, 3.05) is 6.54 Å². The molecule has 1 aliphatic rings. The van der Waals surface area contributed by atoms with Crippen molar-refractivity contribution in [3.05, 3.63) is 42.1 Å². The van der Waals surface area contributed by atoms with Crippen LogP contribution in [0.2, 0.25) is 0 Å². The van der Waals surface area contributed by atoms with Crippen LogP contribution in [0.25, 0.3) is 11.3 Å². The lowest BCUT2D eigenvalue weighted by molar-refractivity contribution is 0.0475. The summed E-state index contributed by atoms with van der Waals surface area (Å²) in [6.45, 7) is 1.38. The number of hydrogen-bond donors (Lipinski definition) is 3. The Kier molecular flexibility index (Phi) is 3.85. The summed E-state index contributed by atoms with van der Waals surface area (Å²) < 4.78 is 0. The predicted molar refractivity (Wildman–Crippen MR) is 79.1 cm³/mol. The number of nitrogens with zero attached hydrogens (tertiary/aromatic N) is 1. The lowest BCUT2D eigenvalue weighted by Crippen LogP contribution is -2.37. The number of H-pyrrole nitrogens is 1. The van der Waals surface area contributed by atoms with Crippen LogP contribution in [0.4, 0.5) is 0 Å². The van der Waals surface area contributed by atoms with Gasteiger partial charge in [-0.1, -0.05) is 43.2 Å². The maximum Gasteiger partial charge on any atom is 0.0771 e. The van der Waals surface area contributed by atoms with Crippen molar-refractivity contribution in [1.29, 1.82) is 0 Å². The van der Waals surface area contributed by atoms with Crippen LogP contribution in [-0.2, 0) is 6.54 Å². The summed E-state index contributed by atoms with van der Waals surface area (Å²) in [4.78, 5) is 0. The van der Waals surface area contributed by atoms with E-state index in [2.05, 4.69) is 27.6 Å². The zero-order valence-corrected chi connectivity index (χ0v) is 11.6. The number of nitrogens with one attached hydrogen (secondary N) is 2. The Balaban J connectivity index is 1.63. The highest BCUT2D eigenvalue weighted by atomic mass is 16.3. The Morgan fingerprint density at radius 2 is 1.95 bits per heavy atom. The molecule has 0 amide bonds. The summed E-state index contributed by atoms with van der Waals surface area (Å²) >= 11 is 0. The maximum absolute atomic E-state index is 10.3. The molecule has 20 heavy (non-hydrogen) atoms. The summed E-state index contributed by atoms with van der Waals surface area (Å²) in [5.74, 6) is 0. The number of aromatic nitrogens is 2. The molecule has 0 spiro atoms. The summed E-state index contributed by atoms with van der Waals surface area (Å²) in [6.07, 6.45) is 5.96. The van der Waals surface area contributed by atoms with Gasteiger partial charge in [-0.05, 0) is 18.4 Å². The van der Waals surface area contributed by atoms with Crippen LogP contribution in [0.5, 0.6) is 0 Å². The minimum atomic E-state index is -0.503. The molecule has 0 aliphatic heterocycles. The molecule has 0 radical (unpaired) electrons. The molecule has 1 aliphatic carbocycles. The van der Waals surface area contributed by atoms with E-state index in [4.69, 9.17) is 0 Å². The highest BCUT2D eigenvalue weighted by molar-refractivity contribution is 5.62. The highest BCUT2D eigenvalue weighted by Crippen LogP contribution is 2.28. The molecule has 3 N–H and O–H groups in total. The number of benzene rings is 1. The van der Waals surface area contributed by atoms with Gasteiger partial charge < -0.3 is 10.4 Å². The zero-order valence-electron chi connectivity index (χ0n) is 11.6. The molecular formula is C16H21N3O. The van der Waals surface area contributed by atoms with Crippen molar-refractivity contribution in [2.24, 2.45) is 0 Å². The number of aliphatic hydroxyl groups is 1. The normalized spacial score (nSPS) is 17.4. The van der Waals surface area contributed by atoms with E-state index in [0.717, 1.165) is 49.0 Å². The van der Waals surface area contributed by atoms with Gasteiger partial charge in [0.1, 0.15) is 0 Å². The van der Waals surface area contributed by atoms with Gasteiger partial charge in [0.2, 0.25) is 0 Å². The molecule has 0 bridgehead atoms. The fraction of sp³-hybridized carbons (Fsp3) is 0.438. The molecule has 2 aromatic rings. The van der Waals surface area contributed by atoms with Crippen LogP contribution in [0.1, 0.15) is 31.2 Å². The summed E-state index contributed by atoms with van der Waals surface area (Å²) in [6, 6.07) is 10.2. The van der Waals surface area contributed by atoms with Crippen LogP contribution < -0.4 is 5.32 Å². The van der Waals surface area contributed by atoms with E-state index < -0.39 is 5.60 Å². The summed E-state index contributed by atoms with van der Waals surface area (Å²) in [5, 5.41) is 20.9. The third-order valence-electron chi connectivity index (χ3n) is 4.08. The largest absolute Gasteiger partial charge is 0.389 e. The Morgan fingerprint density at radius 1 is 1.20 bits per heavy atom. The molecular weight excluding hydrogens is 250 g/mol. The minimum absolute atomic E-state index is 0.503. The molecule has 0 saturated heterocycles. The fourth-order valence-electron chi connectivity index (χ4n) is 2.94. The molecule has 1 aromatic carbocycles. The summed E-state index contributed by atoms with van der Waals surface area (Å²) in [7, 11) is 0. The van der Waals surface area contributed by atoms with Crippen LogP contribution >= 0.6 is 0 Å². The lowest BCUT2D eigenvalue weighted by atomic mass is 10.0. The van der Waals surface area contributed by atoms with Crippen molar-refractivity contribution in [2.45, 2.75) is 37.8 Å². The second-order valence-electron chi connectivity index (χ2n) is 5.67. The van der Waals surface area contributed by atoms with Crippen molar-refractivity contribution in [3.8, 4) is 11.3 Å². The van der Waals surface area contributed by atoms with Gasteiger partial charge in [-0.2, -0.15) is 5.10 Å². The zero-order chi connectivity index (χ0) is 13.8. The highest BCUT2D eigenvalue weighted by Gasteiger charge is 2.30. The van der Waals surface area contributed by atoms with Gasteiger partial charge in [0.25, 0.3) is 0 Å². The van der Waals surface area contributed by atoms with Gasteiger partial charge in [0.05, 0.1) is 17.5 Å². The number of hydrogen-bond acceptors (Lipinski definition) is 3. The Hall–Kier alpha value is -1.65. The first-order valence-electron chi connectivity index (χ1n) is 7.28. The molecule has 106 valence electrons. The van der Waals surface area contributed by atoms with Gasteiger partial charge in [-0.15, -0.1) is 0 Å². The first-order valence-corrected chi connectivity index (χ1v) is 7.28. The maximum atomic E-state index is 10.3. The van der Waals surface area contributed by atoms with Crippen LogP contribution in [-0.4, -0.2) is 27.4 Å². The standard InChI is InChI=1S/C16H21N3O/c20-16(8-4-5-9-16)12-17-10-14-11-18-19-15(14)13-6-2-1-3-7-13/h1-3,6-7,11,17,20H,4-5,8-10,12H2,(H,18,19). The van der Waals surface area contributed by atoms with Crippen molar-refractivity contribution in [3.63, 3.8) is 0 Å². The van der Waals surface area contributed by atoms with Gasteiger partial charge in [0.15, 0.2) is 0 Å². The average molecular weight is 271 g/mol. The molecule has 1 aromatic heterocycles. The lowest BCUT2D eigenvalue weighted by Gasteiger charge is -2.22. The molecule has 4 nitrogen and oxygen atoms in total. The first-order chi connectivity index (χ1) is 9.77. The Labute approximate surface area is 119 Å². The monoisotopic (exact) mass is 271 g/mol. The van der Waals surface area contributed by atoms with E-state index in [9.17, 15) is 5.11 Å². The smallest absolute Gasteiger partial charge is 0.0771 e. The van der Waals surface area contributed by atoms with E-state index in [1.165, 1.54) is 0 Å². The third-order valence-corrected chi connectivity index (χ3v) is 4.08. The average Bonchev–Trinajstić information content (AvgIpc) is 3.10. The molecule has 1 saturated carbocycles. The quantitative estimate of drug-likeness (QED) is 0.783. The van der Waals surface area contributed by atoms with Crippen LogP contribution in [0.15, 0.2) is 36.5 Å². The molecule has 0 unspecified atom stereocenters. The van der Waals surface area contributed by atoms with Crippen molar-refractivity contribution in [1.82, 2.24) is 15.5 Å². The van der Waals surface area contributed by atoms with Crippen LogP contribution in [0, 0.1) is 0 Å². The second-order valence-corrected chi connectivity index (χ2v) is 5.67. The van der Waals surface area contributed by atoms with E-state index >= 15 is 0 Å². The molecule has 1 heterocycles. The first kappa shape index (κ1) is 13.3. The van der Waals surface area contributed by atoms with E-state index in [-0.39, 0.29) is 0 Å². The van der Waals surface area contributed by atoms with Crippen LogP contribution in [0.3, 0.4) is 0 Å². The molecule has 1 fully saturated rings. The number of aromatic amines is 1. The van der Waals surface area contributed by atoms with Crippen molar-refractivity contribution >= 4 is 0 Å². The van der Waals surface area contributed by atoms with Gasteiger partial charge in [0, 0.05) is 18.7 Å². The fourth-order valence-corrected chi connectivity index (χ4v) is 2.94. The molecule has 3 rings (SSSR count). The SMILES string of the molecule is OC1(CNCc2cn[nH]c2-c2ccccc2)CCCC1. The third kappa shape index (κ3) is 2.92. The minimum Gasteiger partial charge on any atom is -0.389 e. The van der Waals surface area contributed by atoms with E-state index in [1.54, 1.807) is 0 Å². The van der Waals surface area contributed by atoms with Gasteiger partial charge in [-0.3, -0.25) is 5.10 Å².